The molecule has 0 radical (unpaired) electrons. The number of benzene rings is 2. The van der Waals surface area contributed by atoms with Crippen LogP contribution in [0.3, 0.4) is 0 Å². The Hall–Kier alpha value is -2.41. The van der Waals surface area contributed by atoms with E-state index in [-0.39, 0.29) is 17.9 Å². The van der Waals surface area contributed by atoms with Gasteiger partial charge >= 0.3 is 11.7 Å². The summed E-state index contributed by atoms with van der Waals surface area (Å²) in [6, 6.07) is 10.8. The molecule has 2 rings (SSSR count). The van der Waals surface area contributed by atoms with Gasteiger partial charge in [-0.3, -0.25) is 14.9 Å². The molecule has 0 unspecified atom stereocenters. The van der Waals surface area contributed by atoms with Crippen LogP contribution in [0.1, 0.15) is 5.56 Å². The molecule has 2 aromatic carbocycles. The highest BCUT2D eigenvalue weighted by Gasteiger charge is 2.16. The fourth-order valence-corrected chi connectivity index (χ4v) is 2.08. The summed E-state index contributed by atoms with van der Waals surface area (Å²) >= 11 is 3.23. The van der Waals surface area contributed by atoms with E-state index in [2.05, 4.69) is 15.9 Å². The first kappa shape index (κ1) is 15.0. The molecule has 6 nitrogen and oxygen atoms in total. The summed E-state index contributed by atoms with van der Waals surface area (Å²) in [5.41, 5.74) is 0.388. The van der Waals surface area contributed by atoms with Crippen LogP contribution in [0.5, 0.6) is 11.5 Å². The lowest BCUT2D eigenvalue weighted by molar-refractivity contribution is -0.385. The summed E-state index contributed by atoms with van der Waals surface area (Å²) in [6.45, 7) is 0. The molecular weight excluding hydrogens is 342 g/mol. The van der Waals surface area contributed by atoms with Crippen LogP contribution in [0.25, 0.3) is 0 Å². The second-order valence-electron chi connectivity index (χ2n) is 4.19. The van der Waals surface area contributed by atoms with Crippen molar-refractivity contribution in [1.82, 2.24) is 0 Å². The SMILES string of the molecule is O=C(O)Cc1cccc(Oc2cc(Br)ccc2[N+](=O)[O-])c1. The molecule has 0 aromatic heterocycles. The second kappa shape index (κ2) is 6.36. The third-order valence-electron chi connectivity index (χ3n) is 2.60. The molecule has 0 bridgehead atoms. The van der Waals surface area contributed by atoms with Crippen LogP contribution in [0, 0.1) is 10.1 Å². The number of hydrogen-bond donors (Lipinski definition) is 1. The van der Waals surface area contributed by atoms with Gasteiger partial charge in [-0.05, 0) is 23.8 Å². The number of ether oxygens (including phenoxy) is 1. The maximum atomic E-state index is 11.0. The molecule has 1 N–H and O–H groups in total. The minimum Gasteiger partial charge on any atom is -0.481 e. The van der Waals surface area contributed by atoms with Gasteiger partial charge in [0.15, 0.2) is 0 Å². The summed E-state index contributed by atoms with van der Waals surface area (Å²) in [5, 5.41) is 19.7. The van der Waals surface area contributed by atoms with Crippen LogP contribution in [0.15, 0.2) is 46.9 Å². The molecule has 0 saturated carbocycles. The van der Waals surface area contributed by atoms with Crippen LogP contribution >= 0.6 is 15.9 Å². The standard InChI is InChI=1S/C14H10BrNO5/c15-10-4-5-12(16(19)20)13(8-10)21-11-3-1-2-9(6-11)7-14(17)18/h1-6,8H,7H2,(H,17,18). The van der Waals surface area contributed by atoms with Gasteiger partial charge in [-0.1, -0.05) is 28.1 Å². The molecule has 7 heteroatoms. The van der Waals surface area contributed by atoms with Gasteiger partial charge in [-0.15, -0.1) is 0 Å². The Labute approximate surface area is 128 Å². The third-order valence-corrected chi connectivity index (χ3v) is 3.09. The number of carbonyl (C=O) groups is 1. The fraction of sp³-hybridized carbons (Fsp3) is 0.0714. The lowest BCUT2D eigenvalue weighted by Crippen LogP contribution is -2.00. The number of nitro benzene ring substituents is 1. The molecule has 0 amide bonds. The smallest absolute Gasteiger partial charge is 0.311 e. The lowest BCUT2D eigenvalue weighted by Gasteiger charge is -2.08. The molecule has 0 aliphatic rings. The van der Waals surface area contributed by atoms with E-state index in [1.165, 1.54) is 12.1 Å². The minimum atomic E-state index is -0.958. The zero-order chi connectivity index (χ0) is 15.4. The van der Waals surface area contributed by atoms with Crippen molar-refractivity contribution in [3.05, 3.63) is 62.6 Å². The van der Waals surface area contributed by atoms with E-state index < -0.39 is 10.9 Å². The number of halogens is 1. The molecule has 2 aromatic rings. The summed E-state index contributed by atoms with van der Waals surface area (Å²) in [6.07, 6.45) is -0.141. The van der Waals surface area contributed by atoms with E-state index >= 15 is 0 Å². The number of aliphatic carboxylic acids is 1. The minimum absolute atomic E-state index is 0.0850. The number of hydrogen-bond acceptors (Lipinski definition) is 4. The molecule has 0 fully saturated rings. The van der Waals surface area contributed by atoms with Gasteiger partial charge in [0.1, 0.15) is 5.75 Å². The Morgan fingerprint density at radius 2 is 2.05 bits per heavy atom. The molecule has 0 heterocycles. The van der Waals surface area contributed by atoms with Crippen molar-refractivity contribution in [3.8, 4) is 11.5 Å². The molecule has 0 saturated heterocycles. The van der Waals surface area contributed by atoms with E-state index in [9.17, 15) is 14.9 Å². The topological polar surface area (TPSA) is 89.7 Å². The lowest BCUT2D eigenvalue weighted by atomic mass is 10.1. The monoisotopic (exact) mass is 351 g/mol. The van der Waals surface area contributed by atoms with Crippen LogP contribution in [0.4, 0.5) is 5.69 Å². The van der Waals surface area contributed by atoms with Crippen molar-refractivity contribution in [2.75, 3.05) is 0 Å². The average molecular weight is 352 g/mol. The molecule has 21 heavy (non-hydrogen) atoms. The average Bonchev–Trinajstić information content (AvgIpc) is 2.38. The molecule has 0 atom stereocenters. The van der Waals surface area contributed by atoms with E-state index in [0.717, 1.165) is 0 Å². The molecule has 0 spiro atoms. The second-order valence-corrected chi connectivity index (χ2v) is 5.10. The third kappa shape index (κ3) is 4.03. The Kier molecular flexibility index (Phi) is 4.54. The van der Waals surface area contributed by atoms with Gasteiger partial charge in [0.05, 0.1) is 11.3 Å². The summed E-state index contributed by atoms with van der Waals surface area (Å²) < 4.78 is 6.15. The van der Waals surface area contributed by atoms with Gasteiger partial charge < -0.3 is 9.84 Å². The quantitative estimate of drug-likeness (QED) is 0.653. The van der Waals surface area contributed by atoms with Crippen molar-refractivity contribution < 1.29 is 19.6 Å². The summed E-state index contributed by atoms with van der Waals surface area (Å²) in [4.78, 5) is 21.1. The summed E-state index contributed by atoms with van der Waals surface area (Å²) in [7, 11) is 0. The Morgan fingerprint density at radius 3 is 2.71 bits per heavy atom. The predicted octanol–water partition coefficient (Wildman–Crippen LogP) is 3.78. The normalized spacial score (nSPS) is 10.1. The van der Waals surface area contributed by atoms with Crippen molar-refractivity contribution in [2.45, 2.75) is 6.42 Å². The predicted molar refractivity (Wildman–Crippen MR) is 78.7 cm³/mol. The molecule has 0 aliphatic heterocycles. The number of nitro groups is 1. The van der Waals surface area contributed by atoms with Gasteiger partial charge in [0, 0.05) is 16.6 Å². The molecule has 0 aliphatic carbocycles. The Balaban J connectivity index is 2.31. The maximum Gasteiger partial charge on any atom is 0.311 e. The molecular formula is C14H10BrNO5. The first-order valence-electron chi connectivity index (χ1n) is 5.88. The highest BCUT2D eigenvalue weighted by Crippen LogP contribution is 2.34. The van der Waals surface area contributed by atoms with Gasteiger partial charge in [0.2, 0.25) is 5.75 Å². The number of carboxylic acids is 1. The van der Waals surface area contributed by atoms with E-state index in [1.54, 1.807) is 30.3 Å². The zero-order valence-corrected chi connectivity index (χ0v) is 12.2. The van der Waals surface area contributed by atoms with Crippen molar-refractivity contribution >= 4 is 27.6 Å². The van der Waals surface area contributed by atoms with Crippen LogP contribution in [-0.4, -0.2) is 16.0 Å². The fourth-order valence-electron chi connectivity index (χ4n) is 1.74. The van der Waals surface area contributed by atoms with Gasteiger partial charge in [0.25, 0.3) is 0 Å². The Bertz CT molecular complexity index is 702. The zero-order valence-electron chi connectivity index (χ0n) is 10.7. The number of nitrogens with zero attached hydrogens (tertiary/aromatic N) is 1. The first-order chi connectivity index (χ1) is 9.95. The van der Waals surface area contributed by atoms with Crippen LogP contribution < -0.4 is 4.74 Å². The van der Waals surface area contributed by atoms with Crippen molar-refractivity contribution in [3.63, 3.8) is 0 Å². The van der Waals surface area contributed by atoms with Crippen molar-refractivity contribution in [1.29, 1.82) is 0 Å². The maximum absolute atomic E-state index is 11.0. The highest BCUT2D eigenvalue weighted by molar-refractivity contribution is 9.10. The largest absolute Gasteiger partial charge is 0.481 e. The van der Waals surface area contributed by atoms with E-state index in [1.807, 2.05) is 0 Å². The van der Waals surface area contributed by atoms with Crippen molar-refractivity contribution in [2.24, 2.45) is 0 Å². The Morgan fingerprint density at radius 1 is 1.29 bits per heavy atom. The number of carboxylic acid groups (broad SMARTS) is 1. The molecule has 108 valence electrons. The highest BCUT2D eigenvalue weighted by atomic mass is 79.9. The number of rotatable bonds is 5. The van der Waals surface area contributed by atoms with E-state index in [0.29, 0.717) is 15.8 Å². The van der Waals surface area contributed by atoms with Crippen LogP contribution in [-0.2, 0) is 11.2 Å². The van der Waals surface area contributed by atoms with Gasteiger partial charge in [-0.2, -0.15) is 0 Å². The first-order valence-corrected chi connectivity index (χ1v) is 6.67. The van der Waals surface area contributed by atoms with Crippen LogP contribution in [0.2, 0.25) is 0 Å². The van der Waals surface area contributed by atoms with Gasteiger partial charge in [-0.25, -0.2) is 0 Å². The van der Waals surface area contributed by atoms with E-state index in [4.69, 9.17) is 9.84 Å². The summed E-state index contributed by atoms with van der Waals surface area (Å²) in [5.74, 6) is -0.530.